The van der Waals surface area contributed by atoms with Crippen molar-refractivity contribution in [2.24, 2.45) is 17.1 Å². The van der Waals surface area contributed by atoms with Gasteiger partial charge in [0, 0.05) is 6.04 Å². The molecule has 0 unspecified atom stereocenters. The molecular formula is C22H32N2O5. The van der Waals surface area contributed by atoms with E-state index in [1.54, 1.807) is 12.1 Å². The lowest BCUT2D eigenvalue weighted by Gasteiger charge is -2.39. The van der Waals surface area contributed by atoms with E-state index in [-0.39, 0.29) is 29.9 Å². The van der Waals surface area contributed by atoms with E-state index in [9.17, 15) is 14.4 Å². The van der Waals surface area contributed by atoms with Crippen LogP contribution in [0.4, 0.5) is 0 Å². The number of ether oxygens (including phenoxy) is 2. The first-order valence-corrected chi connectivity index (χ1v) is 10.2. The summed E-state index contributed by atoms with van der Waals surface area (Å²) in [6.45, 7) is 6.08. The summed E-state index contributed by atoms with van der Waals surface area (Å²) < 4.78 is 10.3. The summed E-state index contributed by atoms with van der Waals surface area (Å²) in [6.07, 6.45) is 5.23. The Balaban J connectivity index is 1.69. The molecule has 2 rings (SSSR count). The van der Waals surface area contributed by atoms with Crippen LogP contribution in [0.3, 0.4) is 0 Å². The Morgan fingerprint density at radius 1 is 1.10 bits per heavy atom. The number of nitrogens with two attached hydrogens (primary N) is 1. The van der Waals surface area contributed by atoms with Gasteiger partial charge in [0.05, 0.1) is 5.56 Å². The first-order chi connectivity index (χ1) is 13.7. The molecule has 0 spiro atoms. The molecule has 3 N–H and O–H groups in total. The van der Waals surface area contributed by atoms with Crippen molar-refractivity contribution in [2.45, 2.75) is 58.9 Å². The van der Waals surface area contributed by atoms with Crippen LogP contribution in [-0.4, -0.2) is 37.0 Å². The van der Waals surface area contributed by atoms with Crippen LogP contribution >= 0.6 is 0 Å². The quantitative estimate of drug-likeness (QED) is 0.615. The third-order valence-corrected chi connectivity index (χ3v) is 5.97. The van der Waals surface area contributed by atoms with Crippen LogP contribution in [0.1, 0.15) is 63.2 Å². The Hall–Kier alpha value is -2.57. The molecule has 0 heterocycles. The van der Waals surface area contributed by atoms with E-state index < -0.39 is 18.5 Å². The minimum absolute atomic E-state index is 0.129. The predicted octanol–water partition coefficient (Wildman–Crippen LogP) is 2.82. The third kappa shape index (κ3) is 6.76. The first-order valence-electron chi connectivity index (χ1n) is 10.2. The highest BCUT2D eigenvalue weighted by Crippen LogP contribution is 2.40. The van der Waals surface area contributed by atoms with Crippen molar-refractivity contribution in [3.8, 4) is 5.75 Å². The molecule has 160 valence electrons. The number of hydrogen-bond acceptors (Lipinski definition) is 5. The van der Waals surface area contributed by atoms with Gasteiger partial charge in [0.2, 0.25) is 0 Å². The molecule has 0 radical (unpaired) electrons. The largest absolute Gasteiger partial charge is 0.481 e. The molecular weight excluding hydrogens is 372 g/mol. The Morgan fingerprint density at radius 2 is 1.76 bits per heavy atom. The van der Waals surface area contributed by atoms with Crippen molar-refractivity contribution in [1.82, 2.24) is 5.32 Å². The van der Waals surface area contributed by atoms with Crippen molar-refractivity contribution in [3.05, 3.63) is 29.8 Å². The molecule has 29 heavy (non-hydrogen) atoms. The van der Waals surface area contributed by atoms with Gasteiger partial charge in [-0.2, -0.15) is 0 Å². The Bertz CT molecular complexity index is 724. The fourth-order valence-corrected chi connectivity index (χ4v) is 3.70. The summed E-state index contributed by atoms with van der Waals surface area (Å²) in [5, 5.41) is 2.94. The van der Waals surface area contributed by atoms with Crippen molar-refractivity contribution in [3.63, 3.8) is 0 Å². The Morgan fingerprint density at radius 3 is 2.38 bits per heavy atom. The molecule has 0 saturated heterocycles. The molecule has 7 heteroatoms. The number of benzene rings is 1. The highest BCUT2D eigenvalue weighted by molar-refractivity contribution is 5.95. The molecule has 0 aromatic heterocycles. The lowest BCUT2D eigenvalue weighted by atomic mass is 9.69. The number of hydrogen-bond donors (Lipinski definition) is 2. The first kappa shape index (κ1) is 22.7. The minimum Gasteiger partial charge on any atom is -0.481 e. The van der Waals surface area contributed by atoms with Gasteiger partial charge in [0.1, 0.15) is 5.75 Å². The van der Waals surface area contributed by atoms with Gasteiger partial charge in [-0.25, -0.2) is 4.79 Å². The summed E-state index contributed by atoms with van der Waals surface area (Å²) in [6, 6.07) is 6.48. The maximum absolute atomic E-state index is 12.1. The van der Waals surface area contributed by atoms with Gasteiger partial charge in [-0.3, -0.25) is 9.59 Å². The zero-order valence-electron chi connectivity index (χ0n) is 17.5. The molecule has 0 bridgehead atoms. The van der Waals surface area contributed by atoms with Crippen molar-refractivity contribution in [2.75, 3.05) is 13.2 Å². The number of carbonyl (C=O) groups is 3. The lowest BCUT2D eigenvalue weighted by Crippen LogP contribution is -2.41. The monoisotopic (exact) mass is 404 g/mol. The maximum Gasteiger partial charge on any atom is 0.344 e. The van der Waals surface area contributed by atoms with Crippen LogP contribution in [0.5, 0.6) is 5.75 Å². The van der Waals surface area contributed by atoms with Crippen LogP contribution in [-0.2, 0) is 14.3 Å². The number of primary amides is 1. The SMILES string of the molecule is CCC(C)(C)C1CCC(NC(=O)COC(=O)COc2ccccc2C(N)=O)CC1. The number of esters is 1. The number of nitrogens with one attached hydrogen (secondary N) is 1. The minimum atomic E-state index is -0.687. The van der Waals surface area contributed by atoms with E-state index in [4.69, 9.17) is 15.2 Å². The van der Waals surface area contributed by atoms with Crippen molar-refractivity contribution in [1.29, 1.82) is 0 Å². The summed E-state index contributed by atoms with van der Waals surface area (Å²) in [4.78, 5) is 35.3. The molecule has 1 aliphatic carbocycles. The number of carbonyl (C=O) groups excluding carboxylic acids is 3. The second kappa shape index (κ2) is 10.3. The molecule has 1 fully saturated rings. The summed E-state index contributed by atoms with van der Waals surface area (Å²) in [5.74, 6) is -0.764. The van der Waals surface area contributed by atoms with E-state index in [0.29, 0.717) is 11.3 Å². The standard InChI is InChI=1S/C22H32N2O5/c1-4-22(2,3)15-9-11-16(12-10-15)24-19(25)13-29-20(26)14-28-18-8-6-5-7-17(18)21(23)27/h5-8,15-16H,4,9-14H2,1-3H3,(H2,23,27)(H,24,25). The summed E-state index contributed by atoms with van der Waals surface area (Å²) >= 11 is 0. The fourth-order valence-electron chi connectivity index (χ4n) is 3.70. The molecule has 1 saturated carbocycles. The number of rotatable bonds is 9. The lowest BCUT2D eigenvalue weighted by molar-refractivity contribution is -0.150. The molecule has 2 amide bonds. The van der Waals surface area contributed by atoms with E-state index >= 15 is 0 Å². The van der Waals surface area contributed by atoms with Crippen LogP contribution in [0.15, 0.2) is 24.3 Å². The Kier molecular flexibility index (Phi) is 8.05. The third-order valence-electron chi connectivity index (χ3n) is 5.97. The van der Waals surface area contributed by atoms with Gasteiger partial charge in [0.15, 0.2) is 13.2 Å². The zero-order chi connectivity index (χ0) is 21.4. The molecule has 0 aliphatic heterocycles. The van der Waals surface area contributed by atoms with Gasteiger partial charge in [-0.15, -0.1) is 0 Å². The molecule has 1 aliphatic rings. The summed E-state index contributed by atoms with van der Waals surface area (Å²) in [5.41, 5.74) is 5.77. The Labute approximate surface area is 172 Å². The van der Waals surface area contributed by atoms with Crippen LogP contribution in [0, 0.1) is 11.3 Å². The molecule has 1 aromatic carbocycles. The molecule has 7 nitrogen and oxygen atoms in total. The average Bonchev–Trinajstić information content (AvgIpc) is 2.71. The maximum atomic E-state index is 12.1. The van der Waals surface area contributed by atoms with Gasteiger partial charge in [-0.1, -0.05) is 39.3 Å². The van der Waals surface area contributed by atoms with Crippen molar-refractivity contribution >= 4 is 17.8 Å². The van der Waals surface area contributed by atoms with Crippen LogP contribution in [0.25, 0.3) is 0 Å². The van der Waals surface area contributed by atoms with E-state index in [2.05, 4.69) is 26.1 Å². The second-order valence-corrected chi connectivity index (χ2v) is 8.27. The van der Waals surface area contributed by atoms with Crippen LogP contribution in [0.2, 0.25) is 0 Å². The second-order valence-electron chi connectivity index (χ2n) is 8.27. The highest BCUT2D eigenvalue weighted by atomic mass is 16.6. The van der Waals surface area contributed by atoms with Gasteiger partial charge in [0.25, 0.3) is 11.8 Å². The van der Waals surface area contributed by atoms with Crippen LogP contribution < -0.4 is 15.8 Å². The average molecular weight is 405 g/mol. The van der Waals surface area contributed by atoms with E-state index in [1.807, 2.05) is 0 Å². The van der Waals surface area contributed by atoms with Gasteiger partial charge >= 0.3 is 5.97 Å². The molecule has 0 atom stereocenters. The highest BCUT2D eigenvalue weighted by Gasteiger charge is 2.32. The fraction of sp³-hybridized carbons (Fsp3) is 0.591. The predicted molar refractivity (Wildman–Crippen MR) is 109 cm³/mol. The van der Waals surface area contributed by atoms with E-state index in [0.717, 1.165) is 32.1 Å². The van der Waals surface area contributed by atoms with Gasteiger partial charge < -0.3 is 20.5 Å². The number of para-hydroxylation sites is 1. The molecule has 1 aromatic rings. The topological polar surface area (TPSA) is 108 Å². The number of amides is 2. The normalized spacial score (nSPS) is 19.3. The van der Waals surface area contributed by atoms with Crippen molar-refractivity contribution < 1.29 is 23.9 Å². The zero-order valence-corrected chi connectivity index (χ0v) is 17.5. The summed E-state index contributed by atoms with van der Waals surface area (Å²) in [7, 11) is 0. The van der Waals surface area contributed by atoms with E-state index in [1.165, 1.54) is 12.1 Å². The van der Waals surface area contributed by atoms with Gasteiger partial charge in [-0.05, 0) is 49.1 Å². The smallest absolute Gasteiger partial charge is 0.344 e.